The minimum atomic E-state index is 0.00320. The van der Waals surface area contributed by atoms with E-state index in [4.69, 9.17) is 0 Å². The van der Waals surface area contributed by atoms with Crippen LogP contribution >= 0.6 is 23.1 Å². The topological polar surface area (TPSA) is 66.9 Å². The first-order valence-electron chi connectivity index (χ1n) is 6.70. The standard InChI is InChI=1S/C14H18N4OS2/c1-3-15-13-17-18-14(21-13)20-9-12(19)16-8-11-7-5-4-6-10(11)2/h4-7H,3,8-9H2,1-2H3,(H,15,17)(H,16,19). The third-order valence-electron chi connectivity index (χ3n) is 2.80. The zero-order chi connectivity index (χ0) is 15.1. The summed E-state index contributed by atoms with van der Waals surface area (Å²) < 4.78 is 0.803. The van der Waals surface area contributed by atoms with E-state index in [1.54, 1.807) is 0 Å². The second-order valence-corrected chi connectivity index (χ2v) is 6.60. The van der Waals surface area contributed by atoms with Gasteiger partial charge in [0, 0.05) is 13.1 Å². The van der Waals surface area contributed by atoms with Crippen molar-refractivity contribution >= 4 is 34.1 Å². The molecule has 0 aliphatic rings. The van der Waals surface area contributed by atoms with E-state index >= 15 is 0 Å². The van der Waals surface area contributed by atoms with E-state index in [1.807, 2.05) is 38.1 Å². The number of anilines is 1. The minimum absolute atomic E-state index is 0.00320. The Balaban J connectivity index is 1.75. The van der Waals surface area contributed by atoms with Gasteiger partial charge in [0.15, 0.2) is 4.34 Å². The summed E-state index contributed by atoms with van der Waals surface area (Å²) in [5.74, 6) is 0.357. The summed E-state index contributed by atoms with van der Waals surface area (Å²) in [6, 6.07) is 8.04. The Hall–Kier alpha value is -1.60. The molecule has 2 rings (SSSR count). The number of rotatable bonds is 7. The lowest BCUT2D eigenvalue weighted by Gasteiger charge is -2.07. The summed E-state index contributed by atoms with van der Waals surface area (Å²) >= 11 is 2.87. The number of nitrogens with one attached hydrogen (secondary N) is 2. The molecule has 0 bridgehead atoms. The van der Waals surface area contributed by atoms with E-state index in [0.29, 0.717) is 12.3 Å². The van der Waals surface area contributed by atoms with Crippen molar-refractivity contribution in [1.29, 1.82) is 0 Å². The molecule has 0 aliphatic carbocycles. The number of thioether (sulfide) groups is 1. The summed E-state index contributed by atoms with van der Waals surface area (Å²) in [5, 5.41) is 14.8. The number of carbonyl (C=O) groups is 1. The highest BCUT2D eigenvalue weighted by atomic mass is 32.2. The lowest BCUT2D eigenvalue weighted by atomic mass is 10.1. The average molecular weight is 322 g/mol. The third-order valence-corrected chi connectivity index (χ3v) is 4.81. The van der Waals surface area contributed by atoms with Gasteiger partial charge in [-0.2, -0.15) is 0 Å². The SMILES string of the molecule is CCNc1nnc(SCC(=O)NCc2ccccc2C)s1. The molecule has 0 atom stereocenters. The zero-order valence-electron chi connectivity index (χ0n) is 12.0. The van der Waals surface area contributed by atoms with E-state index in [0.717, 1.165) is 21.6 Å². The molecule has 21 heavy (non-hydrogen) atoms. The lowest BCUT2D eigenvalue weighted by molar-refractivity contribution is -0.118. The van der Waals surface area contributed by atoms with Crippen LogP contribution in [0.4, 0.5) is 5.13 Å². The van der Waals surface area contributed by atoms with Crippen LogP contribution in [0.25, 0.3) is 0 Å². The number of nitrogens with zero attached hydrogens (tertiary/aromatic N) is 2. The van der Waals surface area contributed by atoms with E-state index in [9.17, 15) is 4.79 Å². The molecular weight excluding hydrogens is 304 g/mol. The van der Waals surface area contributed by atoms with Crippen molar-refractivity contribution in [3.63, 3.8) is 0 Å². The Morgan fingerprint density at radius 3 is 2.90 bits per heavy atom. The van der Waals surface area contributed by atoms with Gasteiger partial charge in [0.1, 0.15) is 0 Å². The molecule has 0 aliphatic heterocycles. The quantitative estimate of drug-likeness (QED) is 0.767. The Labute approximate surface area is 132 Å². The number of benzene rings is 1. The van der Waals surface area contributed by atoms with Crippen molar-refractivity contribution in [1.82, 2.24) is 15.5 Å². The molecule has 0 spiro atoms. The molecule has 0 saturated heterocycles. The predicted octanol–water partition coefficient (Wildman–Crippen LogP) is 2.69. The molecule has 112 valence electrons. The van der Waals surface area contributed by atoms with Gasteiger partial charge < -0.3 is 10.6 Å². The maximum Gasteiger partial charge on any atom is 0.230 e. The van der Waals surface area contributed by atoms with Gasteiger partial charge in [-0.05, 0) is 25.0 Å². The lowest BCUT2D eigenvalue weighted by Crippen LogP contribution is -2.24. The predicted molar refractivity (Wildman–Crippen MR) is 87.8 cm³/mol. The number of aromatic nitrogens is 2. The Morgan fingerprint density at radius 2 is 2.14 bits per heavy atom. The van der Waals surface area contributed by atoms with E-state index in [-0.39, 0.29) is 5.91 Å². The summed E-state index contributed by atoms with van der Waals surface area (Å²) in [5.41, 5.74) is 2.33. The Bertz CT molecular complexity index is 600. The number of carbonyl (C=O) groups excluding carboxylic acids is 1. The van der Waals surface area contributed by atoms with Gasteiger partial charge >= 0.3 is 0 Å². The second kappa shape index (κ2) is 7.99. The highest BCUT2D eigenvalue weighted by Gasteiger charge is 2.08. The van der Waals surface area contributed by atoms with Crippen LogP contribution < -0.4 is 10.6 Å². The number of aryl methyl sites for hydroxylation is 1. The van der Waals surface area contributed by atoms with Crippen LogP contribution in [-0.2, 0) is 11.3 Å². The monoisotopic (exact) mass is 322 g/mol. The molecule has 1 heterocycles. The van der Waals surface area contributed by atoms with Crippen molar-refractivity contribution in [3.05, 3.63) is 35.4 Å². The highest BCUT2D eigenvalue weighted by Crippen LogP contribution is 2.24. The highest BCUT2D eigenvalue weighted by molar-refractivity contribution is 8.01. The largest absolute Gasteiger partial charge is 0.360 e. The summed E-state index contributed by atoms with van der Waals surface area (Å²) in [6.45, 7) is 5.42. The molecule has 5 nitrogen and oxygen atoms in total. The van der Waals surface area contributed by atoms with Crippen LogP contribution in [0.3, 0.4) is 0 Å². The molecule has 0 fully saturated rings. The maximum absolute atomic E-state index is 11.8. The number of hydrogen-bond acceptors (Lipinski definition) is 6. The van der Waals surface area contributed by atoms with Gasteiger partial charge in [-0.1, -0.05) is 47.4 Å². The van der Waals surface area contributed by atoms with Gasteiger partial charge in [-0.25, -0.2) is 0 Å². The molecule has 0 unspecified atom stereocenters. The van der Waals surface area contributed by atoms with Crippen LogP contribution in [0.15, 0.2) is 28.6 Å². The molecule has 2 aromatic rings. The van der Waals surface area contributed by atoms with Crippen molar-refractivity contribution in [2.75, 3.05) is 17.6 Å². The summed E-state index contributed by atoms with van der Waals surface area (Å²) in [4.78, 5) is 11.8. The van der Waals surface area contributed by atoms with Crippen LogP contribution in [-0.4, -0.2) is 28.4 Å². The van der Waals surface area contributed by atoms with Crippen LogP contribution in [0.2, 0.25) is 0 Å². The van der Waals surface area contributed by atoms with Gasteiger partial charge in [0.25, 0.3) is 0 Å². The molecule has 0 radical (unpaired) electrons. The first-order chi connectivity index (χ1) is 10.2. The first kappa shape index (κ1) is 15.8. The summed E-state index contributed by atoms with van der Waals surface area (Å²) in [6.07, 6.45) is 0. The number of amides is 1. The van der Waals surface area contributed by atoms with Crippen LogP contribution in [0.1, 0.15) is 18.1 Å². The van der Waals surface area contributed by atoms with E-state index < -0.39 is 0 Å². The Morgan fingerprint density at radius 1 is 1.33 bits per heavy atom. The van der Waals surface area contributed by atoms with E-state index in [2.05, 4.69) is 20.8 Å². The fraction of sp³-hybridized carbons (Fsp3) is 0.357. The Kier molecular flexibility index (Phi) is 6.01. The third kappa shape index (κ3) is 5.02. The van der Waals surface area contributed by atoms with Gasteiger partial charge in [0.2, 0.25) is 11.0 Å². The van der Waals surface area contributed by atoms with Crippen LogP contribution in [0.5, 0.6) is 0 Å². The minimum Gasteiger partial charge on any atom is -0.360 e. The smallest absolute Gasteiger partial charge is 0.230 e. The van der Waals surface area contributed by atoms with E-state index in [1.165, 1.54) is 28.7 Å². The number of hydrogen-bond donors (Lipinski definition) is 2. The maximum atomic E-state index is 11.8. The molecular formula is C14H18N4OS2. The van der Waals surface area contributed by atoms with Crippen molar-refractivity contribution in [2.45, 2.75) is 24.7 Å². The van der Waals surface area contributed by atoms with Crippen molar-refractivity contribution in [2.24, 2.45) is 0 Å². The second-order valence-electron chi connectivity index (χ2n) is 4.40. The van der Waals surface area contributed by atoms with Gasteiger partial charge in [-0.15, -0.1) is 10.2 Å². The van der Waals surface area contributed by atoms with Crippen molar-refractivity contribution in [3.8, 4) is 0 Å². The normalized spacial score (nSPS) is 10.4. The fourth-order valence-corrected chi connectivity index (χ4v) is 3.32. The fourth-order valence-electron chi connectivity index (χ4n) is 1.67. The molecule has 7 heteroatoms. The molecule has 1 aromatic heterocycles. The molecule has 0 saturated carbocycles. The molecule has 1 amide bonds. The average Bonchev–Trinajstić information content (AvgIpc) is 2.92. The first-order valence-corrected chi connectivity index (χ1v) is 8.50. The van der Waals surface area contributed by atoms with Crippen molar-refractivity contribution < 1.29 is 4.79 Å². The zero-order valence-corrected chi connectivity index (χ0v) is 13.7. The van der Waals surface area contributed by atoms with Gasteiger partial charge in [-0.3, -0.25) is 4.79 Å². The molecule has 1 aromatic carbocycles. The van der Waals surface area contributed by atoms with Gasteiger partial charge in [0.05, 0.1) is 5.75 Å². The van der Waals surface area contributed by atoms with Crippen LogP contribution in [0, 0.1) is 6.92 Å². The molecule has 2 N–H and O–H groups in total. The summed E-state index contributed by atoms with van der Waals surface area (Å²) in [7, 11) is 0.